The molecule has 0 spiro atoms. The van der Waals surface area contributed by atoms with Gasteiger partial charge in [0.25, 0.3) is 0 Å². The van der Waals surface area contributed by atoms with E-state index in [1.807, 2.05) is 30.3 Å². The molecule has 1 aromatic carbocycles. The first-order valence-corrected chi connectivity index (χ1v) is 7.61. The highest BCUT2D eigenvalue weighted by molar-refractivity contribution is 7.89. The van der Waals surface area contributed by atoms with Crippen molar-refractivity contribution in [2.45, 2.75) is 11.4 Å². The number of sulfonamides is 1. The van der Waals surface area contributed by atoms with Gasteiger partial charge in [0.1, 0.15) is 4.90 Å². The average molecular weight is 295 g/mol. The van der Waals surface area contributed by atoms with E-state index < -0.39 is 10.0 Å². The summed E-state index contributed by atoms with van der Waals surface area (Å²) in [5.41, 5.74) is 1.04. The normalized spacial score (nSPS) is 11.9. The lowest BCUT2D eigenvalue weighted by Gasteiger charge is -2.13. The van der Waals surface area contributed by atoms with Crippen molar-refractivity contribution in [3.63, 3.8) is 0 Å². The summed E-state index contributed by atoms with van der Waals surface area (Å²) in [6, 6.07) is 9.67. The lowest BCUT2D eigenvalue weighted by atomic mass is 10.2. The van der Waals surface area contributed by atoms with E-state index in [1.54, 1.807) is 4.68 Å². The first-order valence-electron chi connectivity index (χ1n) is 6.17. The maximum Gasteiger partial charge on any atom is 0.246 e. The van der Waals surface area contributed by atoms with Gasteiger partial charge in [-0.25, -0.2) is 8.42 Å². The predicted molar refractivity (Wildman–Crippen MR) is 74.7 cm³/mol. The zero-order valence-electron chi connectivity index (χ0n) is 11.2. The van der Waals surface area contributed by atoms with Gasteiger partial charge in [-0.1, -0.05) is 30.3 Å². The molecule has 0 aliphatic heterocycles. The molecule has 1 aromatic heterocycles. The lowest BCUT2D eigenvalue weighted by molar-refractivity contribution is 0.266. The van der Waals surface area contributed by atoms with Crippen LogP contribution < -0.4 is 0 Å². The highest BCUT2D eigenvalue weighted by Crippen LogP contribution is 2.13. The molecule has 2 aromatic rings. The molecule has 1 N–H and O–H groups in total. The second kappa shape index (κ2) is 6.17. The van der Waals surface area contributed by atoms with Gasteiger partial charge < -0.3 is 5.11 Å². The number of aromatic nitrogens is 2. The molecule has 1 heterocycles. The van der Waals surface area contributed by atoms with Gasteiger partial charge >= 0.3 is 0 Å². The van der Waals surface area contributed by atoms with E-state index in [-0.39, 0.29) is 18.0 Å². The summed E-state index contributed by atoms with van der Waals surface area (Å²) in [6.45, 7) is 0.361. The van der Waals surface area contributed by atoms with Gasteiger partial charge in [0.2, 0.25) is 10.0 Å². The Morgan fingerprint density at radius 3 is 2.65 bits per heavy atom. The fourth-order valence-corrected chi connectivity index (χ4v) is 2.89. The summed E-state index contributed by atoms with van der Waals surface area (Å²) in [4.78, 5) is 0.129. The van der Waals surface area contributed by atoms with Gasteiger partial charge in [-0.05, 0) is 5.56 Å². The molecule has 20 heavy (non-hydrogen) atoms. The predicted octanol–water partition coefficient (Wildman–Crippen LogP) is 0.544. The summed E-state index contributed by atoms with van der Waals surface area (Å²) >= 11 is 0. The van der Waals surface area contributed by atoms with Crippen molar-refractivity contribution >= 4 is 10.0 Å². The number of hydrogen-bond donors (Lipinski definition) is 1. The average Bonchev–Trinajstić information content (AvgIpc) is 2.89. The summed E-state index contributed by atoms with van der Waals surface area (Å²) in [5.74, 6) is 0. The van der Waals surface area contributed by atoms with E-state index >= 15 is 0 Å². The number of hydrogen-bond acceptors (Lipinski definition) is 4. The Labute approximate surface area is 118 Å². The van der Waals surface area contributed by atoms with Crippen LogP contribution in [0.4, 0.5) is 0 Å². The standard InChI is InChI=1S/C13H17N3O3S/c1-15(7-8-17)20(18,19)13-9-14-16(11-13)10-12-5-3-2-4-6-12/h2-6,9,11,17H,7-8,10H2,1H3. The molecule has 0 radical (unpaired) electrons. The zero-order valence-corrected chi connectivity index (χ0v) is 12.0. The minimum Gasteiger partial charge on any atom is -0.395 e. The van der Waals surface area contributed by atoms with E-state index in [0.29, 0.717) is 6.54 Å². The largest absolute Gasteiger partial charge is 0.395 e. The van der Waals surface area contributed by atoms with E-state index in [1.165, 1.54) is 19.4 Å². The topological polar surface area (TPSA) is 75.4 Å². The molecule has 7 heteroatoms. The molecule has 0 amide bonds. The Bertz CT molecular complexity index is 653. The van der Waals surface area contributed by atoms with Crippen LogP contribution in [-0.2, 0) is 16.6 Å². The third-order valence-electron chi connectivity index (χ3n) is 2.92. The van der Waals surface area contributed by atoms with Crippen molar-refractivity contribution < 1.29 is 13.5 Å². The van der Waals surface area contributed by atoms with Gasteiger partial charge in [0.15, 0.2) is 0 Å². The van der Waals surface area contributed by atoms with Crippen LogP contribution >= 0.6 is 0 Å². The number of aliphatic hydroxyl groups excluding tert-OH is 1. The number of aliphatic hydroxyl groups is 1. The summed E-state index contributed by atoms with van der Waals surface area (Å²) in [6.07, 6.45) is 2.82. The SMILES string of the molecule is CN(CCO)S(=O)(=O)c1cnn(Cc2ccccc2)c1. The molecular weight excluding hydrogens is 278 g/mol. The molecule has 0 saturated heterocycles. The van der Waals surface area contributed by atoms with E-state index in [2.05, 4.69) is 5.10 Å². The fourth-order valence-electron chi connectivity index (χ4n) is 1.78. The minimum atomic E-state index is -3.58. The van der Waals surface area contributed by atoms with Crippen molar-refractivity contribution in [3.05, 3.63) is 48.3 Å². The number of benzene rings is 1. The fraction of sp³-hybridized carbons (Fsp3) is 0.308. The number of rotatable bonds is 6. The molecule has 0 aliphatic rings. The first-order chi connectivity index (χ1) is 9.54. The van der Waals surface area contributed by atoms with Crippen molar-refractivity contribution in [3.8, 4) is 0 Å². The van der Waals surface area contributed by atoms with Gasteiger partial charge in [0, 0.05) is 19.8 Å². The molecule has 0 unspecified atom stereocenters. The molecule has 2 rings (SSSR count). The van der Waals surface area contributed by atoms with E-state index in [4.69, 9.17) is 5.11 Å². The van der Waals surface area contributed by atoms with Crippen LogP contribution in [0.15, 0.2) is 47.6 Å². The first kappa shape index (κ1) is 14.7. The smallest absolute Gasteiger partial charge is 0.246 e. The van der Waals surface area contributed by atoms with Gasteiger partial charge in [-0.3, -0.25) is 4.68 Å². The highest BCUT2D eigenvalue weighted by Gasteiger charge is 2.21. The molecule has 0 atom stereocenters. The van der Waals surface area contributed by atoms with E-state index in [9.17, 15) is 8.42 Å². The number of likely N-dealkylation sites (N-methyl/N-ethyl adjacent to an activating group) is 1. The monoisotopic (exact) mass is 295 g/mol. The van der Waals surface area contributed by atoms with Crippen molar-refractivity contribution in [1.82, 2.24) is 14.1 Å². The van der Waals surface area contributed by atoms with Crippen LogP contribution in [0.3, 0.4) is 0 Å². The van der Waals surface area contributed by atoms with Gasteiger partial charge in [0.05, 0.1) is 19.3 Å². The van der Waals surface area contributed by atoms with Crippen LogP contribution in [0, 0.1) is 0 Å². The van der Waals surface area contributed by atoms with Crippen LogP contribution in [0.5, 0.6) is 0 Å². The zero-order chi connectivity index (χ0) is 14.6. The van der Waals surface area contributed by atoms with Gasteiger partial charge in [-0.2, -0.15) is 9.40 Å². The van der Waals surface area contributed by atoms with Crippen LogP contribution in [0.1, 0.15) is 5.56 Å². The van der Waals surface area contributed by atoms with Crippen LogP contribution in [0.2, 0.25) is 0 Å². The Morgan fingerprint density at radius 1 is 1.30 bits per heavy atom. The third-order valence-corrected chi connectivity index (χ3v) is 4.73. The molecule has 0 fully saturated rings. The second-order valence-electron chi connectivity index (χ2n) is 4.41. The maximum atomic E-state index is 12.1. The summed E-state index contributed by atoms with van der Waals surface area (Å²) in [7, 11) is -2.15. The van der Waals surface area contributed by atoms with Crippen molar-refractivity contribution in [1.29, 1.82) is 0 Å². The molecular formula is C13H17N3O3S. The minimum absolute atomic E-state index is 0.0617. The summed E-state index contributed by atoms with van der Waals surface area (Å²) < 4.78 is 27.0. The van der Waals surface area contributed by atoms with Gasteiger partial charge in [-0.15, -0.1) is 0 Å². The summed E-state index contributed by atoms with van der Waals surface area (Å²) in [5, 5.41) is 12.9. The molecule has 0 saturated carbocycles. The lowest BCUT2D eigenvalue weighted by Crippen LogP contribution is -2.29. The Morgan fingerprint density at radius 2 is 2.00 bits per heavy atom. The van der Waals surface area contributed by atoms with Crippen molar-refractivity contribution in [2.24, 2.45) is 0 Å². The second-order valence-corrected chi connectivity index (χ2v) is 6.45. The highest BCUT2D eigenvalue weighted by atomic mass is 32.2. The van der Waals surface area contributed by atoms with Crippen LogP contribution in [-0.4, -0.2) is 47.8 Å². The Hall–Kier alpha value is -1.70. The Balaban J connectivity index is 2.17. The van der Waals surface area contributed by atoms with Crippen LogP contribution in [0.25, 0.3) is 0 Å². The molecule has 0 bridgehead atoms. The maximum absolute atomic E-state index is 12.1. The van der Waals surface area contributed by atoms with E-state index in [0.717, 1.165) is 9.87 Å². The quantitative estimate of drug-likeness (QED) is 0.844. The molecule has 6 nitrogen and oxygen atoms in total. The number of nitrogens with zero attached hydrogens (tertiary/aromatic N) is 3. The third kappa shape index (κ3) is 3.24. The Kier molecular flexibility index (Phi) is 4.53. The molecule has 0 aliphatic carbocycles. The van der Waals surface area contributed by atoms with Crippen molar-refractivity contribution in [2.75, 3.05) is 20.2 Å². The molecule has 108 valence electrons.